The fourth-order valence-corrected chi connectivity index (χ4v) is 3.85. The van der Waals surface area contributed by atoms with Gasteiger partial charge in [-0.1, -0.05) is 19.3 Å². The molecule has 1 saturated carbocycles. The number of nitrogen functional groups attached to an aromatic ring is 1. The molecule has 102 valence electrons. The van der Waals surface area contributed by atoms with Crippen molar-refractivity contribution in [1.29, 1.82) is 0 Å². The van der Waals surface area contributed by atoms with Gasteiger partial charge in [-0.3, -0.25) is 4.68 Å². The van der Waals surface area contributed by atoms with Gasteiger partial charge in [-0.25, -0.2) is 13.1 Å². The molecule has 1 heterocycles. The average Bonchev–Trinajstić information content (AvgIpc) is 2.69. The van der Waals surface area contributed by atoms with Crippen molar-refractivity contribution in [3.05, 3.63) is 11.8 Å². The van der Waals surface area contributed by atoms with Crippen LogP contribution in [0.3, 0.4) is 0 Å². The summed E-state index contributed by atoms with van der Waals surface area (Å²) >= 11 is 0. The van der Waals surface area contributed by atoms with Gasteiger partial charge in [0.25, 0.3) is 0 Å². The molecular weight excluding hydrogens is 252 g/mol. The lowest BCUT2D eigenvalue weighted by Gasteiger charge is -2.21. The van der Waals surface area contributed by atoms with Crippen molar-refractivity contribution in [3.63, 3.8) is 0 Å². The second-order valence-electron chi connectivity index (χ2n) is 4.80. The molecule has 18 heavy (non-hydrogen) atoms. The first-order chi connectivity index (χ1) is 8.50. The number of sulfonamides is 1. The molecule has 1 fully saturated rings. The van der Waals surface area contributed by atoms with Crippen molar-refractivity contribution in [2.45, 2.75) is 43.9 Å². The first-order valence-corrected chi connectivity index (χ1v) is 7.80. The SMILES string of the molecule is Cn1ncc(CNS(=O)(=O)C2CCCCC2)c1N. The monoisotopic (exact) mass is 272 g/mol. The maximum Gasteiger partial charge on any atom is 0.214 e. The Bertz CT molecular complexity index is 503. The highest BCUT2D eigenvalue weighted by Crippen LogP contribution is 2.23. The van der Waals surface area contributed by atoms with Gasteiger partial charge in [-0.15, -0.1) is 0 Å². The smallest absolute Gasteiger partial charge is 0.214 e. The molecule has 0 radical (unpaired) electrons. The third-order valence-corrected chi connectivity index (χ3v) is 5.42. The molecule has 0 unspecified atom stereocenters. The largest absolute Gasteiger partial charge is 0.384 e. The van der Waals surface area contributed by atoms with Crippen molar-refractivity contribution < 1.29 is 8.42 Å². The average molecular weight is 272 g/mol. The Labute approximate surface area is 108 Å². The first-order valence-electron chi connectivity index (χ1n) is 6.25. The molecule has 1 aliphatic rings. The third-order valence-electron chi connectivity index (χ3n) is 3.52. The highest BCUT2D eigenvalue weighted by atomic mass is 32.2. The lowest BCUT2D eigenvalue weighted by Crippen LogP contribution is -2.35. The van der Waals surface area contributed by atoms with E-state index in [0.717, 1.165) is 37.7 Å². The minimum Gasteiger partial charge on any atom is -0.384 e. The van der Waals surface area contributed by atoms with Gasteiger partial charge >= 0.3 is 0 Å². The predicted octanol–water partition coefficient (Wildman–Crippen LogP) is 0.754. The number of hydrogen-bond acceptors (Lipinski definition) is 4. The number of nitrogens with zero attached hydrogens (tertiary/aromatic N) is 2. The summed E-state index contributed by atoms with van der Waals surface area (Å²) in [6, 6.07) is 0. The van der Waals surface area contributed by atoms with Gasteiger partial charge < -0.3 is 5.73 Å². The van der Waals surface area contributed by atoms with Crippen LogP contribution in [0.1, 0.15) is 37.7 Å². The summed E-state index contributed by atoms with van der Waals surface area (Å²) in [6.45, 7) is 0.221. The fourth-order valence-electron chi connectivity index (χ4n) is 2.30. The third kappa shape index (κ3) is 2.84. The van der Waals surface area contributed by atoms with Crippen LogP contribution in [0.4, 0.5) is 5.82 Å². The van der Waals surface area contributed by atoms with Gasteiger partial charge in [-0.05, 0) is 12.8 Å². The molecule has 3 N–H and O–H groups in total. The van der Waals surface area contributed by atoms with E-state index in [1.807, 2.05) is 0 Å². The number of anilines is 1. The zero-order valence-electron chi connectivity index (χ0n) is 10.6. The number of nitrogens with two attached hydrogens (primary N) is 1. The molecule has 0 aromatic carbocycles. The van der Waals surface area contributed by atoms with Gasteiger partial charge in [-0.2, -0.15) is 5.10 Å². The molecule has 0 bridgehead atoms. The van der Waals surface area contributed by atoms with Gasteiger partial charge in [0, 0.05) is 19.2 Å². The van der Waals surface area contributed by atoms with Crippen molar-refractivity contribution in [3.8, 4) is 0 Å². The standard InChI is InChI=1S/C11H20N4O2S/c1-15-11(12)9(7-13-15)8-14-18(16,17)10-5-3-2-4-6-10/h7,10,14H,2-6,8,12H2,1H3. The van der Waals surface area contributed by atoms with Gasteiger partial charge in [0.15, 0.2) is 0 Å². The van der Waals surface area contributed by atoms with Crippen LogP contribution in [-0.2, 0) is 23.6 Å². The zero-order chi connectivity index (χ0) is 13.2. The molecule has 0 atom stereocenters. The van der Waals surface area contributed by atoms with Crippen LogP contribution in [-0.4, -0.2) is 23.4 Å². The summed E-state index contributed by atoms with van der Waals surface area (Å²) in [7, 11) is -1.50. The Morgan fingerprint density at radius 2 is 2.11 bits per heavy atom. The molecule has 0 aliphatic heterocycles. The molecule has 1 aromatic heterocycles. The highest BCUT2D eigenvalue weighted by molar-refractivity contribution is 7.90. The van der Waals surface area contributed by atoms with E-state index in [0.29, 0.717) is 5.82 Å². The summed E-state index contributed by atoms with van der Waals surface area (Å²) in [4.78, 5) is 0. The molecule has 2 rings (SSSR count). The van der Waals surface area contributed by atoms with Crippen LogP contribution in [0.15, 0.2) is 6.20 Å². The van der Waals surface area contributed by atoms with Crippen molar-refractivity contribution in [2.75, 3.05) is 5.73 Å². The first kappa shape index (κ1) is 13.4. The molecule has 1 aliphatic carbocycles. The van der Waals surface area contributed by atoms with Crippen LogP contribution in [0, 0.1) is 0 Å². The van der Waals surface area contributed by atoms with E-state index in [1.54, 1.807) is 13.2 Å². The molecule has 7 heteroatoms. The molecular formula is C11H20N4O2S. The van der Waals surface area contributed by atoms with Crippen LogP contribution < -0.4 is 10.5 Å². The molecule has 1 aromatic rings. The number of aromatic nitrogens is 2. The van der Waals surface area contributed by atoms with Gasteiger partial charge in [0.05, 0.1) is 11.4 Å². The number of aryl methyl sites for hydroxylation is 1. The Balaban J connectivity index is 1.98. The van der Waals surface area contributed by atoms with E-state index in [9.17, 15) is 8.42 Å². The van der Waals surface area contributed by atoms with E-state index in [4.69, 9.17) is 5.73 Å². The van der Waals surface area contributed by atoms with E-state index >= 15 is 0 Å². The molecule has 0 amide bonds. The molecule has 0 spiro atoms. The second kappa shape index (κ2) is 5.27. The second-order valence-corrected chi connectivity index (χ2v) is 6.85. The van der Waals surface area contributed by atoms with E-state index in [-0.39, 0.29) is 11.8 Å². The fraction of sp³-hybridized carbons (Fsp3) is 0.727. The Kier molecular flexibility index (Phi) is 3.91. The van der Waals surface area contributed by atoms with Crippen molar-refractivity contribution in [1.82, 2.24) is 14.5 Å². The van der Waals surface area contributed by atoms with Crippen molar-refractivity contribution in [2.24, 2.45) is 7.05 Å². The maximum atomic E-state index is 12.1. The lowest BCUT2D eigenvalue weighted by molar-refractivity contribution is 0.477. The van der Waals surface area contributed by atoms with Crippen LogP contribution >= 0.6 is 0 Å². The Morgan fingerprint density at radius 3 is 2.67 bits per heavy atom. The predicted molar refractivity (Wildman–Crippen MR) is 70.3 cm³/mol. The molecule has 6 nitrogen and oxygen atoms in total. The zero-order valence-corrected chi connectivity index (χ0v) is 11.4. The number of rotatable bonds is 4. The van der Waals surface area contributed by atoms with Crippen LogP contribution in [0.2, 0.25) is 0 Å². The summed E-state index contributed by atoms with van der Waals surface area (Å²) in [5.74, 6) is 0.501. The van der Waals surface area contributed by atoms with Crippen LogP contribution in [0.5, 0.6) is 0 Å². The number of nitrogens with one attached hydrogen (secondary N) is 1. The Morgan fingerprint density at radius 1 is 1.44 bits per heavy atom. The normalized spacial score (nSPS) is 18.1. The Hall–Kier alpha value is -1.08. The number of hydrogen-bond donors (Lipinski definition) is 2. The highest BCUT2D eigenvalue weighted by Gasteiger charge is 2.26. The molecule has 0 saturated heterocycles. The summed E-state index contributed by atoms with van der Waals surface area (Å²) in [5.41, 5.74) is 6.50. The van der Waals surface area contributed by atoms with E-state index < -0.39 is 10.0 Å². The van der Waals surface area contributed by atoms with Gasteiger partial charge in [0.2, 0.25) is 10.0 Å². The summed E-state index contributed by atoms with van der Waals surface area (Å²) in [6.07, 6.45) is 6.26. The quantitative estimate of drug-likeness (QED) is 0.846. The van der Waals surface area contributed by atoms with Crippen molar-refractivity contribution >= 4 is 15.8 Å². The summed E-state index contributed by atoms with van der Waals surface area (Å²) in [5, 5.41) is 3.74. The maximum absolute atomic E-state index is 12.1. The summed E-state index contributed by atoms with van der Waals surface area (Å²) < 4.78 is 28.4. The minimum absolute atomic E-state index is 0.221. The van der Waals surface area contributed by atoms with E-state index in [1.165, 1.54) is 4.68 Å². The minimum atomic E-state index is -3.23. The lowest BCUT2D eigenvalue weighted by atomic mass is 10.0. The van der Waals surface area contributed by atoms with E-state index in [2.05, 4.69) is 9.82 Å². The topological polar surface area (TPSA) is 90.0 Å². The van der Waals surface area contributed by atoms with Crippen LogP contribution in [0.25, 0.3) is 0 Å². The van der Waals surface area contributed by atoms with Gasteiger partial charge in [0.1, 0.15) is 5.82 Å².